The fourth-order valence-electron chi connectivity index (χ4n) is 2.13. The maximum absolute atomic E-state index is 5.66. The van der Waals surface area contributed by atoms with E-state index in [0.717, 1.165) is 13.0 Å². The minimum absolute atomic E-state index is 0.434. The first kappa shape index (κ1) is 13.3. The molecule has 1 aliphatic rings. The van der Waals surface area contributed by atoms with Gasteiger partial charge in [0.1, 0.15) is 0 Å². The third kappa shape index (κ3) is 5.03. The van der Waals surface area contributed by atoms with Gasteiger partial charge in [0, 0.05) is 6.61 Å². The number of ether oxygens (including phenoxy) is 2. The Morgan fingerprint density at radius 3 is 2.83 bits per heavy atom. The van der Waals surface area contributed by atoms with Crippen LogP contribution in [0.2, 0.25) is 0 Å². The molecule has 0 bridgehead atoms. The Labute approximate surface area is 110 Å². The van der Waals surface area contributed by atoms with E-state index in [1.165, 1.54) is 24.8 Å². The highest BCUT2D eigenvalue weighted by molar-refractivity contribution is 5.13. The van der Waals surface area contributed by atoms with Crippen LogP contribution >= 0.6 is 0 Å². The maximum atomic E-state index is 5.66. The monoisotopic (exact) mass is 246 g/mol. The maximum Gasteiger partial charge on any atom is 0.0721 e. The minimum Gasteiger partial charge on any atom is -0.378 e. The van der Waals surface area contributed by atoms with E-state index in [9.17, 15) is 0 Å². The van der Waals surface area contributed by atoms with Crippen LogP contribution in [-0.2, 0) is 16.1 Å². The Kier molecular flexibility index (Phi) is 5.97. The van der Waals surface area contributed by atoms with Crippen molar-refractivity contribution >= 4 is 0 Å². The number of rotatable bonds is 6. The van der Waals surface area contributed by atoms with Crippen LogP contribution in [0, 0.1) is 0 Å². The zero-order chi connectivity index (χ0) is 12.5. The SMILES string of the molecule is C(=C\CC1CCCCO1)/COCc1ccccc1. The van der Waals surface area contributed by atoms with Gasteiger partial charge in [0.25, 0.3) is 0 Å². The average molecular weight is 246 g/mol. The first-order valence-corrected chi connectivity index (χ1v) is 6.83. The average Bonchev–Trinajstić information content (AvgIpc) is 2.45. The van der Waals surface area contributed by atoms with Gasteiger partial charge in [-0.3, -0.25) is 0 Å². The lowest BCUT2D eigenvalue weighted by molar-refractivity contribution is 0.0183. The molecular formula is C16H22O2. The molecule has 1 aliphatic heterocycles. The molecule has 1 atom stereocenters. The lowest BCUT2D eigenvalue weighted by Crippen LogP contribution is -2.17. The molecule has 2 nitrogen and oxygen atoms in total. The van der Waals surface area contributed by atoms with Crippen molar-refractivity contribution in [1.82, 2.24) is 0 Å². The van der Waals surface area contributed by atoms with Crippen LogP contribution in [0.3, 0.4) is 0 Å². The van der Waals surface area contributed by atoms with Gasteiger partial charge in [-0.1, -0.05) is 42.5 Å². The molecule has 1 heterocycles. The van der Waals surface area contributed by atoms with E-state index < -0.39 is 0 Å². The summed E-state index contributed by atoms with van der Waals surface area (Å²) in [5, 5.41) is 0. The lowest BCUT2D eigenvalue weighted by atomic mass is 10.1. The van der Waals surface area contributed by atoms with Crippen molar-refractivity contribution < 1.29 is 9.47 Å². The van der Waals surface area contributed by atoms with Crippen LogP contribution < -0.4 is 0 Å². The molecule has 0 radical (unpaired) electrons. The van der Waals surface area contributed by atoms with E-state index in [1.54, 1.807) is 0 Å². The molecule has 1 fully saturated rings. The smallest absolute Gasteiger partial charge is 0.0721 e. The molecule has 98 valence electrons. The summed E-state index contributed by atoms with van der Waals surface area (Å²) >= 11 is 0. The molecule has 0 saturated carbocycles. The molecule has 0 amide bonds. The molecule has 2 rings (SSSR count). The molecule has 0 aliphatic carbocycles. The van der Waals surface area contributed by atoms with E-state index in [1.807, 2.05) is 18.2 Å². The topological polar surface area (TPSA) is 18.5 Å². The van der Waals surface area contributed by atoms with E-state index >= 15 is 0 Å². The summed E-state index contributed by atoms with van der Waals surface area (Å²) < 4.78 is 11.2. The van der Waals surface area contributed by atoms with Gasteiger partial charge in [-0.05, 0) is 31.2 Å². The van der Waals surface area contributed by atoms with Crippen LogP contribution in [0.15, 0.2) is 42.5 Å². The molecule has 0 spiro atoms. The summed E-state index contributed by atoms with van der Waals surface area (Å²) in [5.74, 6) is 0. The van der Waals surface area contributed by atoms with Crippen molar-refractivity contribution in [2.75, 3.05) is 13.2 Å². The summed E-state index contributed by atoms with van der Waals surface area (Å²) in [6.45, 7) is 2.30. The third-order valence-corrected chi connectivity index (χ3v) is 3.17. The van der Waals surface area contributed by atoms with Gasteiger partial charge < -0.3 is 9.47 Å². The van der Waals surface area contributed by atoms with Gasteiger partial charge in [0.05, 0.1) is 19.3 Å². The van der Waals surface area contributed by atoms with Crippen LogP contribution in [-0.4, -0.2) is 19.3 Å². The molecule has 18 heavy (non-hydrogen) atoms. The first-order chi connectivity index (χ1) is 8.95. The van der Waals surface area contributed by atoms with E-state index in [0.29, 0.717) is 19.3 Å². The minimum atomic E-state index is 0.434. The zero-order valence-electron chi connectivity index (χ0n) is 10.9. The van der Waals surface area contributed by atoms with Gasteiger partial charge >= 0.3 is 0 Å². The molecule has 1 saturated heterocycles. The highest BCUT2D eigenvalue weighted by Crippen LogP contribution is 2.15. The van der Waals surface area contributed by atoms with Gasteiger partial charge in [0.2, 0.25) is 0 Å². The molecule has 1 aromatic carbocycles. The van der Waals surface area contributed by atoms with Crippen LogP contribution in [0.4, 0.5) is 0 Å². The summed E-state index contributed by atoms with van der Waals surface area (Å²) in [7, 11) is 0. The Bertz CT molecular complexity index is 339. The highest BCUT2D eigenvalue weighted by atomic mass is 16.5. The third-order valence-electron chi connectivity index (χ3n) is 3.17. The second-order valence-corrected chi connectivity index (χ2v) is 4.70. The van der Waals surface area contributed by atoms with Gasteiger partial charge in [-0.25, -0.2) is 0 Å². The standard InChI is InChI=1S/C16H22O2/c1-2-8-15(9-3-1)14-17-12-6-4-10-16-11-5-7-13-18-16/h1-4,6,8-9,16H,5,7,10-14H2/b6-4+. The van der Waals surface area contributed by atoms with Gasteiger partial charge in [0.15, 0.2) is 0 Å². The number of hydrogen-bond acceptors (Lipinski definition) is 2. The first-order valence-electron chi connectivity index (χ1n) is 6.83. The Morgan fingerprint density at radius 1 is 1.17 bits per heavy atom. The van der Waals surface area contributed by atoms with Crippen LogP contribution in [0.25, 0.3) is 0 Å². The highest BCUT2D eigenvalue weighted by Gasteiger charge is 2.11. The van der Waals surface area contributed by atoms with E-state index in [-0.39, 0.29) is 0 Å². The summed E-state index contributed by atoms with van der Waals surface area (Å²) in [6, 6.07) is 10.3. The summed E-state index contributed by atoms with van der Waals surface area (Å²) in [4.78, 5) is 0. The van der Waals surface area contributed by atoms with Crippen molar-refractivity contribution in [3.8, 4) is 0 Å². The number of hydrogen-bond donors (Lipinski definition) is 0. The summed E-state index contributed by atoms with van der Waals surface area (Å²) in [5.41, 5.74) is 1.22. The van der Waals surface area contributed by atoms with Crippen molar-refractivity contribution in [2.24, 2.45) is 0 Å². The molecule has 2 heteroatoms. The van der Waals surface area contributed by atoms with Gasteiger partial charge in [-0.15, -0.1) is 0 Å². The zero-order valence-corrected chi connectivity index (χ0v) is 10.9. The van der Waals surface area contributed by atoms with E-state index in [4.69, 9.17) is 9.47 Å². The Morgan fingerprint density at radius 2 is 2.06 bits per heavy atom. The quantitative estimate of drug-likeness (QED) is 0.562. The van der Waals surface area contributed by atoms with Gasteiger partial charge in [-0.2, -0.15) is 0 Å². The van der Waals surface area contributed by atoms with E-state index in [2.05, 4.69) is 24.3 Å². The van der Waals surface area contributed by atoms with Crippen molar-refractivity contribution in [3.05, 3.63) is 48.0 Å². The Hall–Kier alpha value is -1.12. The van der Waals surface area contributed by atoms with Crippen molar-refractivity contribution in [3.63, 3.8) is 0 Å². The molecular weight excluding hydrogens is 224 g/mol. The largest absolute Gasteiger partial charge is 0.378 e. The van der Waals surface area contributed by atoms with Crippen LogP contribution in [0.5, 0.6) is 0 Å². The predicted octanol–water partition coefficient (Wildman–Crippen LogP) is 3.72. The Balaban J connectivity index is 1.55. The second kappa shape index (κ2) is 8.06. The molecule has 1 unspecified atom stereocenters. The summed E-state index contributed by atoms with van der Waals surface area (Å²) in [6.07, 6.45) is 9.47. The number of benzene rings is 1. The van der Waals surface area contributed by atoms with Crippen molar-refractivity contribution in [2.45, 2.75) is 38.4 Å². The normalized spacial score (nSPS) is 20.3. The predicted molar refractivity (Wildman–Crippen MR) is 73.4 cm³/mol. The second-order valence-electron chi connectivity index (χ2n) is 4.70. The lowest BCUT2D eigenvalue weighted by Gasteiger charge is -2.20. The molecule has 1 aromatic rings. The molecule has 0 aromatic heterocycles. The van der Waals surface area contributed by atoms with Crippen LogP contribution in [0.1, 0.15) is 31.2 Å². The van der Waals surface area contributed by atoms with Crippen molar-refractivity contribution in [1.29, 1.82) is 0 Å². The fourth-order valence-corrected chi connectivity index (χ4v) is 2.13. The molecule has 0 N–H and O–H groups in total. The fraction of sp³-hybridized carbons (Fsp3) is 0.500.